The first-order valence-electron chi connectivity index (χ1n) is 12.1. The van der Waals surface area contributed by atoms with Gasteiger partial charge in [0.2, 0.25) is 0 Å². The second-order valence-electron chi connectivity index (χ2n) is 10.0. The number of nitrogens with zero attached hydrogens (tertiary/aromatic N) is 4. The Morgan fingerprint density at radius 1 is 1.26 bits per heavy atom. The lowest BCUT2D eigenvalue weighted by Gasteiger charge is -2.46. The third-order valence-corrected chi connectivity index (χ3v) is 7.87. The summed E-state index contributed by atoms with van der Waals surface area (Å²) in [7, 11) is 0. The van der Waals surface area contributed by atoms with Gasteiger partial charge in [-0.2, -0.15) is 5.26 Å². The number of carbonyl (C=O) groups is 1. The minimum atomic E-state index is -0.490. The van der Waals surface area contributed by atoms with Crippen LogP contribution in [0.2, 0.25) is 0 Å². The highest BCUT2D eigenvalue weighted by atomic mass is 16.1. The molecule has 0 spiro atoms. The van der Waals surface area contributed by atoms with E-state index in [0.717, 1.165) is 72.0 Å². The van der Waals surface area contributed by atoms with Crippen molar-refractivity contribution in [2.45, 2.75) is 45.4 Å². The minimum Gasteiger partial charge on any atom is -0.371 e. The molecule has 0 radical (unpaired) electrons. The standard InChI is InChI=1S/C29H30N4O/c1-18(2)33-14-8-11-21(17-33)28-31-25(20-9-6-5-7-10-20)23-12-13-24-19(3)26(34)22(16-30)15-29(24,4)27(23)32-28/h5-7,9-11,15,19,24H,1,8,12-14,17H2,2-4H3/t19-,24-,29-/m1/s1. The highest BCUT2D eigenvalue weighted by molar-refractivity contribution is 6.02. The van der Waals surface area contributed by atoms with Crippen LogP contribution >= 0.6 is 0 Å². The highest BCUT2D eigenvalue weighted by Gasteiger charge is 2.49. The number of aromatic nitrogens is 2. The maximum absolute atomic E-state index is 12.8. The van der Waals surface area contributed by atoms with E-state index in [1.807, 2.05) is 38.1 Å². The Bertz CT molecular complexity index is 1280. The smallest absolute Gasteiger partial charge is 0.176 e. The van der Waals surface area contributed by atoms with Crippen LogP contribution < -0.4 is 0 Å². The molecule has 3 aliphatic rings. The monoisotopic (exact) mass is 450 g/mol. The van der Waals surface area contributed by atoms with Gasteiger partial charge in [-0.1, -0.05) is 62.9 Å². The molecule has 0 unspecified atom stereocenters. The summed E-state index contributed by atoms with van der Waals surface area (Å²) < 4.78 is 0. The van der Waals surface area contributed by atoms with E-state index >= 15 is 0 Å². The van der Waals surface area contributed by atoms with Gasteiger partial charge in [-0.25, -0.2) is 9.97 Å². The largest absolute Gasteiger partial charge is 0.371 e. The predicted octanol–water partition coefficient (Wildman–Crippen LogP) is 5.26. The maximum atomic E-state index is 12.8. The summed E-state index contributed by atoms with van der Waals surface area (Å²) in [5, 5.41) is 9.71. The fraction of sp³-hybridized carbons (Fsp3) is 0.379. The molecule has 1 aromatic carbocycles. The molecule has 34 heavy (non-hydrogen) atoms. The van der Waals surface area contributed by atoms with Crippen LogP contribution in [-0.4, -0.2) is 33.7 Å². The normalized spacial score (nSPS) is 26.1. The summed E-state index contributed by atoms with van der Waals surface area (Å²) in [5.41, 5.74) is 6.05. The zero-order valence-electron chi connectivity index (χ0n) is 20.1. The zero-order valence-corrected chi connectivity index (χ0v) is 20.1. The second kappa shape index (κ2) is 8.36. The molecule has 0 saturated carbocycles. The van der Waals surface area contributed by atoms with E-state index in [-0.39, 0.29) is 23.2 Å². The number of rotatable bonds is 3. The van der Waals surface area contributed by atoms with Gasteiger partial charge in [-0.05, 0) is 32.1 Å². The van der Waals surface area contributed by atoms with E-state index < -0.39 is 5.41 Å². The first-order valence-corrected chi connectivity index (χ1v) is 12.1. The third-order valence-electron chi connectivity index (χ3n) is 7.87. The van der Waals surface area contributed by atoms with Crippen LogP contribution in [0.25, 0.3) is 16.8 Å². The van der Waals surface area contributed by atoms with Gasteiger partial charge in [0, 0.05) is 46.8 Å². The van der Waals surface area contributed by atoms with E-state index in [9.17, 15) is 10.1 Å². The lowest BCUT2D eigenvalue weighted by molar-refractivity contribution is -0.121. The number of fused-ring (bicyclic) bond motifs is 3. The molecule has 2 aromatic rings. The molecule has 0 N–H and O–H groups in total. The Labute approximate surface area is 201 Å². The summed E-state index contributed by atoms with van der Waals surface area (Å²) in [4.78, 5) is 25.4. The van der Waals surface area contributed by atoms with E-state index in [2.05, 4.69) is 42.7 Å². The number of benzene rings is 1. The molecule has 5 rings (SSSR count). The Morgan fingerprint density at radius 3 is 2.74 bits per heavy atom. The molecule has 172 valence electrons. The first-order chi connectivity index (χ1) is 16.3. The van der Waals surface area contributed by atoms with Crippen LogP contribution in [0.3, 0.4) is 0 Å². The molecule has 3 atom stereocenters. The Balaban J connectivity index is 1.74. The van der Waals surface area contributed by atoms with Crippen molar-refractivity contribution in [3.8, 4) is 17.3 Å². The average molecular weight is 451 g/mol. The van der Waals surface area contributed by atoms with Crippen LogP contribution in [0.5, 0.6) is 0 Å². The van der Waals surface area contributed by atoms with Gasteiger partial charge in [0.15, 0.2) is 11.6 Å². The van der Waals surface area contributed by atoms with Crippen LogP contribution in [0.1, 0.15) is 50.7 Å². The average Bonchev–Trinajstić information content (AvgIpc) is 2.86. The lowest BCUT2D eigenvalue weighted by Crippen LogP contribution is -2.46. The van der Waals surface area contributed by atoms with Crippen molar-refractivity contribution < 1.29 is 4.79 Å². The number of ketones is 1. The molecule has 1 aromatic heterocycles. The van der Waals surface area contributed by atoms with Crippen LogP contribution in [0.4, 0.5) is 0 Å². The molecular formula is C29H30N4O. The van der Waals surface area contributed by atoms with Crippen molar-refractivity contribution in [2.75, 3.05) is 13.1 Å². The number of allylic oxidation sites excluding steroid dienone is 3. The number of hydrogen-bond donors (Lipinski definition) is 0. The molecule has 0 amide bonds. The van der Waals surface area contributed by atoms with E-state index in [4.69, 9.17) is 9.97 Å². The van der Waals surface area contributed by atoms with Crippen LogP contribution in [0, 0.1) is 23.2 Å². The van der Waals surface area contributed by atoms with E-state index in [1.165, 1.54) is 0 Å². The van der Waals surface area contributed by atoms with Gasteiger partial charge < -0.3 is 4.90 Å². The minimum absolute atomic E-state index is 0.0434. The molecule has 2 heterocycles. The number of nitriles is 1. The summed E-state index contributed by atoms with van der Waals surface area (Å²) in [6, 6.07) is 12.4. The van der Waals surface area contributed by atoms with Gasteiger partial charge >= 0.3 is 0 Å². The first kappa shape index (κ1) is 22.3. The lowest BCUT2D eigenvalue weighted by atomic mass is 9.57. The predicted molar refractivity (Wildman–Crippen MR) is 133 cm³/mol. The zero-order chi connectivity index (χ0) is 24.0. The van der Waals surface area contributed by atoms with Crippen molar-refractivity contribution in [3.05, 3.63) is 77.4 Å². The molecule has 0 fully saturated rings. The molecule has 0 saturated heterocycles. The van der Waals surface area contributed by atoms with Crippen molar-refractivity contribution in [2.24, 2.45) is 11.8 Å². The maximum Gasteiger partial charge on any atom is 0.176 e. The van der Waals surface area contributed by atoms with E-state index in [1.54, 1.807) is 0 Å². The molecule has 5 heteroatoms. The van der Waals surface area contributed by atoms with Crippen molar-refractivity contribution in [1.82, 2.24) is 14.9 Å². The number of carbonyl (C=O) groups excluding carboxylic acids is 1. The Kier molecular flexibility index (Phi) is 5.48. The third kappa shape index (κ3) is 3.49. The quantitative estimate of drug-likeness (QED) is 0.638. The molecular weight excluding hydrogens is 420 g/mol. The molecule has 5 nitrogen and oxygen atoms in total. The topological polar surface area (TPSA) is 69.9 Å². The summed E-state index contributed by atoms with van der Waals surface area (Å²) >= 11 is 0. The summed E-state index contributed by atoms with van der Waals surface area (Å²) in [6.07, 6.45) is 6.75. The Morgan fingerprint density at radius 2 is 2.03 bits per heavy atom. The fourth-order valence-corrected chi connectivity index (χ4v) is 5.98. The van der Waals surface area contributed by atoms with Crippen LogP contribution in [-0.2, 0) is 16.6 Å². The summed E-state index contributed by atoms with van der Waals surface area (Å²) in [6.45, 7) is 12.0. The number of Topliss-reactive ketones (excluding diaryl/α,β-unsaturated/α-hetero) is 1. The second-order valence-corrected chi connectivity index (χ2v) is 10.0. The Hall–Kier alpha value is -3.52. The summed E-state index contributed by atoms with van der Waals surface area (Å²) in [5.74, 6) is 0.604. The van der Waals surface area contributed by atoms with Gasteiger partial charge in [-0.3, -0.25) is 4.79 Å². The highest BCUT2D eigenvalue weighted by Crippen LogP contribution is 2.50. The van der Waals surface area contributed by atoms with Gasteiger partial charge in [0.25, 0.3) is 0 Å². The van der Waals surface area contributed by atoms with Crippen molar-refractivity contribution in [3.63, 3.8) is 0 Å². The molecule has 2 aliphatic carbocycles. The van der Waals surface area contributed by atoms with Crippen LogP contribution in [0.15, 0.2) is 60.3 Å². The van der Waals surface area contributed by atoms with Gasteiger partial charge in [0.1, 0.15) is 6.07 Å². The number of hydrogen-bond acceptors (Lipinski definition) is 5. The molecule has 0 bridgehead atoms. The SMILES string of the molecule is C=C(C)N1CCC=C(c2nc(-c3ccccc3)c3c(n2)[C@]2(C)C=C(C#N)C(=O)[C@H](C)[C@H]2CC3)C1. The van der Waals surface area contributed by atoms with Crippen molar-refractivity contribution in [1.29, 1.82) is 5.26 Å². The fourth-order valence-electron chi connectivity index (χ4n) is 5.98. The van der Waals surface area contributed by atoms with Gasteiger partial charge in [-0.15, -0.1) is 0 Å². The van der Waals surface area contributed by atoms with Crippen molar-refractivity contribution >= 4 is 11.4 Å². The molecule has 1 aliphatic heterocycles. The van der Waals surface area contributed by atoms with Gasteiger partial charge in [0.05, 0.1) is 17.0 Å². The van der Waals surface area contributed by atoms with E-state index in [0.29, 0.717) is 0 Å².